The molecule has 0 aliphatic heterocycles. The molecule has 13 heavy (non-hydrogen) atoms. The highest BCUT2D eigenvalue weighted by molar-refractivity contribution is 5.78. The Morgan fingerprint density at radius 3 is 2.62 bits per heavy atom. The molecule has 0 spiro atoms. The van der Waals surface area contributed by atoms with Gasteiger partial charge in [0, 0.05) is 12.6 Å². The van der Waals surface area contributed by atoms with Gasteiger partial charge in [0.15, 0.2) is 0 Å². The van der Waals surface area contributed by atoms with Gasteiger partial charge >= 0.3 is 0 Å². The average molecular weight is 184 g/mol. The third-order valence-corrected chi connectivity index (χ3v) is 2.34. The Bertz CT molecular complexity index is 180. The number of hydrogen-bond acceptors (Lipinski definition) is 2. The van der Waals surface area contributed by atoms with E-state index in [4.69, 9.17) is 0 Å². The minimum atomic E-state index is 0.118. The van der Waals surface area contributed by atoms with Crippen LogP contribution in [0.15, 0.2) is 0 Å². The van der Waals surface area contributed by atoms with Crippen molar-refractivity contribution in [3.05, 3.63) is 0 Å². The number of rotatable bonds is 5. The van der Waals surface area contributed by atoms with Crippen LogP contribution in [0.5, 0.6) is 0 Å². The van der Waals surface area contributed by atoms with Crippen LogP contribution in [0, 0.1) is 11.8 Å². The normalized spacial score (nSPS) is 26.2. The molecule has 0 aromatic heterocycles. The molecule has 2 unspecified atom stereocenters. The predicted molar refractivity (Wildman–Crippen MR) is 53.4 cm³/mol. The molecule has 1 aliphatic carbocycles. The van der Waals surface area contributed by atoms with Gasteiger partial charge in [-0.3, -0.25) is 4.79 Å². The third kappa shape index (κ3) is 4.27. The van der Waals surface area contributed by atoms with Crippen LogP contribution < -0.4 is 10.6 Å². The van der Waals surface area contributed by atoms with Crippen molar-refractivity contribution in [1.29, 1.82) is 0 Å². The summed E-state index contributed by atoms with van der Waals surface area (Å²) in [5.41, 5.74) is 0. The van der Waals surface area contributed by atoms with Crippen LogP contribution in [0.25, 0.3) is 0 Å². The smallest absolute Gasteiger partial charge is 0.233 e. The van der Waals surface area contributed by atoms with E-state index >= 15 is 0 Å². The Morgan fingerprint density at radius 2 is 2.15 bits per heavy atom. The minimum Gasteiger partial charge on any atom is -0.355 e. The fourth-order valence-electron chi connectivity index (χ4n) is 1.21. The predicted octanol–water partition coefficient (Wildman–Crippen LogP) is 0.757. The lowest BCUT2D eigenvalue weighted by Gasteiger charge is -2.07. The fourth-order valence-corrected chi connectivity index (χ4v) is 1.21. The molecule has 1 fully saturated rings. The summed E-state index contributed by atoms with van der Waals surface area (Å²) in [5, 5.41) is 6.10. The van der Waals surface area contributed by atoms with Crippen LogP contribution in [-0.4, -0.2) is 25.0 Å². The fraction of sp³-hybridized carbons (Fsp3) is 0.900. The highest BCUT2D eigenvalue weighted by atomic mass is 16.1. The molecule has 0 aromatic carbocycles. The summed E-state index contributed by atoms with van der Waals surface area (Å²) in [5.74, 6) is 1.41. The van der Waals surface area contributed by atoms with Gasteiger partial charge in [-0.05, 0) is 18.3 Å². The molecule has 3 nitrogen and oxygen atoms in total. The van der Waals surface area contributed by atoms with Gasteiger partial charge in [0.1, 0.15) is 0 Å². The molecule has 0 bridgehead atoms. The molecule has 2 N–H and O–H groups in total. The first-order valence-corrected chi connectivity index (χ1v) is 5.09. The van der Waals surface area contributed by atoms with Crippen LogP contribution >= 0.6 is 0 Å². The number of amides is 1. The lowest BCUT2D eigenvalue weighted by atomic mass is 10.2. The highest BCUT2D eigenvalue weighted by Crippen LogP contribution is 2.28. The van der Waals surface area contributed by atoms with E-state index in [1.165, 1.54) is 6.42 Å². The minimum absolute atomic E-state index is 0.118. The maximum absolute atomic E-state index is 11.2. The summed E-state index contributed by atoms with van der Waals surface area (Å²) in [7, 11) is 0. The molecule has 1 aliphatic rings. The van der Waals surface area contributed by atoms with Gasteiger partial charge < -0.3 is 10.6 Å². The first-order valence-electron chi connectivity index (χ1n) is 5.09. The van der Waals surface area contributed by atoms with Gasteiger partial charge in [-0.1, -0.05) is 20.8 Å². The molecule has 76 valence electrons. The molecule has 2 atom stereocenters. The summed E-state index contributed by atoms with van der Waals surface area (Å²) >= 11 is 0. The Hall–Kier alpha value is -0.570. The van der Waals surface area contributed by atoms with Crippen molar-refractivity contribution < 1.29 is 4.79 Å². The summed E-state index contributed by atoms with van der Waals surface area (Å²) in [6.07, 6.45) is 1.22. The number of carbonyl (C=O) groups excluding carboxylic acids is 1. The number of hydrogen-bond donors (Lipinski definition) is 2. The van der Waals surface area contributed by atoms with Gasteiger partial charge in [-0.25, -0.2) is 0 Å². The topological polar surface area (TPSA) is 41.1 Å². The molecule has 0 radical (unpaired) electrons. The summed E-state index contributed by atoms with van der Waals surface area (Å²) < 4.78 is 0. The van der Waals surface area contributed by atoms with Crippen LogP contribution in [0.3, 0.4) is 0 Å². The van der Waals surface area contributed by atoms with E-state index in [9.17, 15) is 4.79 Å². The Kier molecular flexibility index (Phi) is 3.72. The molecule has 1 amide bonds. The van der Waals surface area contributed by atoms with Crippen LogP contribution in [0.4, 0.5) is 0 Å². The highest BCUT2D eigenvalue weighted by Gasteiger charge is 2.31. The molecule has 0 aromatic rings. The second-order valence-corrected chi connectivity index (χ2v) is 4.40. The molecule has 3 heteroatoms. The lowest BCUT2D eigenvalue weighted by molar-refractivity contribution is -0.120. The first kappa shape index (κ1) is 10.5. The standard InChI is InChI=1S/C10H20N2O/c1-7(2)5-12-10(13)6-11-9-4-8(9)3/h7-9,11H,4-6H2,1-3H3,(H,12,13). The van der Waals surface area contributed by atoms with Crippen molar-refractivity contribution in [3.8, 4) is 0 Å². The van der Waals surface area contributed by atoms with Crippen LogP contribution in [-0.2, 0) is 4.79 Å². The van der Waals surface area contributed by atoms with Crippen molar-refractivity contribution in [3.63, 3.8) is 0 Å². The van der Waals surface area contributed by atoms with E-state index in [2.05, 4.69) is 31.4 Å². The zero-order chi connectivity index (χ0) is 9.84. The van der Waals surface area contributed by atoms with Crippen LogP contribution in [0.1, 0.15) is 27.2 Å². The van der Waals surface area contributed by atoms with Crippen molar-refractivity contribution in [2.24, 2.45) is 11.8 Å². The van der Waals surface area contributed by atoms with E-state index < -0.39 is 0 Å². The molecule has 1 saturated carbocycles. The van der Waals surface area contributed by atoms with Crippen molar-refractivity contribution in [2.45, 2.75) is 33.2 Å². The molecule has 0 heterocycles. The molecule has 0 saturated heterocycles. The van der Waals surface area contributed by atoms with Gasteiger partial charge in [-0.15, -0.1) is 0 Å². The first-order chi connectivity index (χ1) is 6.09. The van der Waals surface area contributed by atoms with E-state index in [1.54, 1.807) is 0 Å². The van der Waals surface area contributed by atoms with E-state index in [1.807, 2.05) is 0 Å². The maximum Gasteiger partial charge on any atom is 0.233 e. The summed E-state index contributed by atoms with van der Waals surface area (Å²) in [4.78, 5) is 11.2. The molecular formula is C10H20N2O. The Balaban J connectivity index is 1.98. The van der Waals surface area contributed by atoms with Gasteiger partial charge in [-0.2, -0.15) is 0 Å². The molecular weight excluding hydrogens is 164 g/mol. The second-order valence-electron chi connectivity index (χ2n) is 4.40. The largest absolute Gasteiger partial charge is 0.355 e. The quantitative estimate of drug-likeness (QED) is 0.662. The Morgan fingerprint density at radius 1 is 1.54 bits per heavy atom. The zero-order valence-electron chi connectivity index (χ0n) is 8.76. The number of nitrogens with one attached hydrogen (secondary N) is 2. The lowest BCUT2D eigenvalue weighted by Crippen LogP contribution is -2.36. The van der Waals surface area contributed by atoms with E-state index in [0.717, 1.165) is 12.5 Å². The SMILES string of the molecule is CC(C)CNC(=O)CNC1CC1C. The third-order valence-electron chi connectivity index (χ3n) is 2.34. The van der Waals surface area contributed by atoms with Crippen molar-refractivity contribution >= 4 is 5.91 Å². The Labute approximate surface area is 80.3 Å². The van der Waals surface area contributed by atoms with Gasteiger partial charge in [0.2, 0.25) is 5.91 Å². The van der Waals surface area contributed by atoms with E-state index in [-0.39, 0.29) is 5.91 Å². The summed E-state index contributed by atoms with van der Waals surface area (Å²) in [6.45, 7) is 7.64. The number of carbonyl (C=O) groups is 1. The second kappa shape index (κ2) is 4.61. The van der Waals surface area contributed by atoms with Crippen LogP contribution in [0.2, 0.25) is 0 Å². The maximum atomic E-state index is 11.2. The van der Waals surface area contributed by atoms with Gasteiger partial charge in [0.05, 0.1) is 6.54 Å². The van der Waals surface area contributed by atoms with Crippen molar-refractivity contribution in [2.75, 3.05) is 13.1 Å². The van der Waals surface area contributed by atoms with E-state index in [0.29, 0.717) is 18.5 Å². The summed E-state index contributed by atoms with van der Waals surface area (Å²) in [6, 6.07) is 0.588. The average Bonchev–Trinajstić information content (AvgIpc) is 2.75. The monoisotopic (exact) mass is 184 g/mol. The van der Waals surface area contributed by atoms with Gasteiger partial charge in [0.25, 0.3) is 0 Å². The zero-order valence-corrected chi connectivity index (χ0v) is 8.76. The molecule has 1 rings (SSSR count). The van der Waals surface area contributed by atoms with Crippen molar-refractivity contribution in [1.82, 2.24) is 10.6 Å².